The Morgan fingerprint density at radius 2 is 1.86 bits per heavy atom. The van der Waals surface area contributed by atoms with Crippen molar-refractivity contribution >= 4 is 15.9 Å². The van der Waals surface area contributed by atoms with Crippen LogP contribution in [0, 0.1) is 25.7 Å². The van der Waals surface area contributed by atoms with Crippen molar-refractivity contribution in [1.29, 1.82) is 0 Å². The molecular formula is C23H36N2O3S. The van der Waals surface area contributed by atoms with Crippen molar-refractivity contribution in [2.45, 2.75) is 83.1 Å². The van der Waals surface area contributed by atoms with Gasteiger partial charge in [0.25, 0.3) is 0 Å². The lowest BCUT2D eigenvalue weighted by molar-refractivity contribution is -0.127. The summed E-state index contributed by atoms with van der Waals surface area (Å²) in [6, 6.07) is 5.77. The van der Waals surface area contributed by atoms with E-state index in [2.05, 4.69) is 12.2 Å². The number of hydrogen-bond acceptors (Lipinski definition) is 3. The molecule has 3 rings (SSSR count). The second-order valence-corrected chi connectivity index (χ2v) is 10.8. The monoisotopic (exact) mass is 420 g/mol. The molecule has 1 aromatic rings. The average Bonchev–Trinajstić information content (AvgIpc) is 3.13. The summed E-state index contributed by atoms with van der Waals surface area (Å²) in [5, 5.41) is 3.30. The summed E-state index contributed by atoms with van der Waals surface area (Å²) >= 11 is 0. The van der Waals surface area contributed by atoms with Gasteiger partial charge in [-0.3, -0.25) is 4.79 Å². The van der Waals surface area contributed by atoms with Crippen molar-refractivity contribution in [3.05, 3.63) is 29.3 Å². The Bertz CT molecular complexity index is 813. The van der Waals surface area contributed by atoms with Gasteiger partial charge < -0.3 is 5.32 Å². The number of benzene rings is 1. The molecular weight excluding hydrogens is 384 g/mol. The van der Waals surface area contributed by atoms with Crippen LogP contribution in [0.3, 0.4) is 0 Å². The zero-order valence-electron chi connectivity index (χ0n) is 18.1. The molecule has 2 atom stereocenters. The van der Waals surface area contributed by atoms with Gasteiger partial charge in [0.1, 0.15) is 0 Å². The molecule has 1 amide bonds. The zero-order chi connectivity index (χ0) is 21.0. The van der Waals surface area contributed by atoms with Gasteiger partial charge in [-0.1, -0.05) is 43.9 Å². The van der Waals surface area contributed by atoms with Gasteiger partial charge >= 0.3 is 0 Å². The van der Waals surface area contributed by atoms with Gasteiger partial charge in [0.15, 0.2) is 0 Å². The van der Waals surface area contributed by atoms with Crippen LogP contribution >= 0.6 is 0 Å². The van der Waals surface area contributed by atoms with Gasteiger partial charge in [0.05, 0.1) is 4.90 Å². The van der Waals surface area contributed by atoms with Crippen molar-refractivity contribution in [1.82, 2.24) is 9.62 Å². The third-order valence-electron chi connectivity index (χ3n) is 6.69. The molecule has 6 heteroatoms. The van der Waals surface area contributed by atoms with Gasteiger partial charge in [-0.05, 0) is 63.5 Å². The maximum atomic E-state index is 13.0. The molecule has 1 saturated carbocycles. The van der Waals surface area contributed by atoms with Crippen LogP contribution in [0.15, 0.2) is 23.1 Å². The quantitative estimate of drug-likeness (QED) is 0.720. The van der Waals surface area contributed by atoms with Gasteiger partial charge in [-0.25, -0.2) is 8.42 Å². The number of nitrogens with one attached hydrogen (secondary N) is 1. The molecule has 1 aliphatic heterocycles. The molecule has 1 aromatic carbocycles. The first-order valence-electron chi connectivity index (χ1n) is 11.2. The number of sulfonamides is 1. The molecule has 5 nitrogen and oxygen atoms in total. The maximum absolute atomic E-state index is 13.0. The Labute approximate surface area is 176 Å². The number of nitrogens with zero attached hydrogens (tertiary/aromatic N) is 1. The lowest BCUT2D eigenvalue weighted by atomic mass is 9.94. The lowest BCUT2D eigenvalue weighted by Gasteiger charge is -2.32. The van der Waals surface area contributed by atoms with Crippen LogP contribution in [-0.4, -0.2) is 37.8 Å². The maximum Gasteiger partial charge on any atom is 0.243 e. The van der Waals surface area contributed by atoms with E-state index in [1.807, 2.05) is 26.0 Å². The standard InChI is InChI=1S/C23H36N2O3S/c1-4-5-7-19-8-6-9-21(19)24-23(26)20-12-14-25(15-13-20)29(27,28)22-11-10-17(2)16-18(22)3/h10-11,16,19-21H,4-9,12-15H2,1-3H3,(H,24,26). The Morgan fingerprint density at radius 3 is 2.52 bits per heavy atom. The highest BCUT2D eigenvalue weighted by atomic mass is 32.2. The summed E-state index contributed by atoms with van der Waals surface area (Å²) in [4.78, 5) is 13.2. The molecule has 0 spiro atoms. The van der Waals surface area contributed by atoms with E-state index in [4.69, 9.17) is 0 Å². The van der Waals surface area contributed by atoms with Crippen LogP contribution in [-0.2, 0) is 14.8 Å². The second kappa shape index (κ2) is 9.61. The first kappa shape index (κ1) is 22.3. The van der Waals surface area contributed by atoms with Gasteiger partial charge in [0.2, 0.25) is 15.9 Å². The molecule has 1 N–H and O–H groups in total. The van der Waals surface area contributed by atoms with E-state index in [1.165, 1.54) is 32.1 Å². The summed E-state index contributed by atoms with van der Waals surface area (Å²) in [5.41, 5.74) is 1.84. The highest BCUT2D eigenvalue weighted by Gasteiger charge is 2.35. The summed E-state index contributed by atoms with van der Waals surface area (Å²) < 4.78 is 27.6. The molecule has 162 valence electrons. The van der Waals surface area contributed by atoms with Gasteiger partial charge in [-0.15, -0.1) is 0 Å². The normalized spacial score (nSPS) is 24.0. The van der Waals surface area contributed by atoms with Crippen LogP contribution in [0.5, 0.6) is 0 Å². The highest BCUT2D eigenvalue weighted by molar-refractivity contribution is 7.89. The van der Waals surface area contributed by atoms with Crippen molar-refractivity contribution < 1.29 is 13.2 Å². The molecule has 2 fully saturated rings. The van der Waals surface area contributed by atoms with Crippen molar-refractivity contribution in [2.75, 3.05) is 13.1 Å². The molecule has 1 saturated heterocycles. The Kier molecular flexibility index (Phi) is 7.38. The number of rotatable bonds is 7. The second-order valence-electron chi connectivity index (χ2n) is 8.90. The van der Waals surface area contributed by atoms with E-state index >= 15 is 0 Å². The average molecular weight is 421 g/mol. The molecule has 0 radical (unpaired) electrons. The third kappa shape index (κ3) is 5.21. The van der Waals surface area contributed by atoms with Crippen LogP contribution in [0.2, 0.25) is 0 Å². The molecule has 29 heavy (non-hydrogen) atoms. The molecule has 1 heterocycles. The lowest BCUT2D eigenvalue weighted by Crippen LogP contribution is -2.46. The van der Waals surface area contributed by atoms with Crippen LogP contribution in [0.1, 0.15) is 69.4 Å². The van der Waals surface area contributed by atoms with E-state index in [9.17, 15) is 13.2 Å². The van der Waals surface area contributed by atoms with E-state index in [-0.39, 0.29) is 11.8 Å². The fraction of sp³-hybridized carbons (Fsp3) is 0.696. The summed E-state index contributed by atoms with van der Waals surface area (Å²) in [6.45, 7) is 6.85. The molecule has 1 aliphatic carbocycles. The molecule has 2 unspecified atom stereocenters. The first-order chi connectivity index (χ1) is 13.8. The predicted molar refractivity (Wildman–Crippen MR) is 116 cm³/mol. The van der Waals surface area contributed by atoms with Crippen molar-refractivity contribution in [3.8, 4) is 0 Å². The minimum Gasteiger partial charge on any atom is -0.353 e. The smallest absolute Gasteiger partial charge is 0.243 e. The molecule has 2 aliphatic rings. The fourth-order valence-electron chi connectivity index (χ4n) is 4.93. The van der Waals surface area contributed by atoms with E-state index in [0.717, 1.165) is 17.5 Å². The number of carbonyl (C=O) groups excluding carboxylic acids is 1. The Morgan fingerprint density at radius 1 is 1.14 bits per heavy atom. The van der Waals surface area contributed by atoms with E-state index in [0.29, 0.717) is 42.8 Å². The minimum atomic E-state index is -3.50. The Hall–Kier alpha value is -1.40. The molecule has 0 aromatic heterocycles. The van der Waals surface area contributed by atoms with Crippen molar-refractivity contribution in [3.63, 3.8) is 0 Å². The van der Waals surface area contributed by atoms with E-state index in [1.54, 1.807) is 10.4 Å². The van der Waals surface area contributed by atoms with Crippen LogP contribution < -0.4 is 5.32 Å². The number of hydrogen-bond donors (Lipinski definition) is 1. The number of aryl methyl sites for hydroxylation is 2. The molecule has 0 bridgehead atoms. The SMILES string of the molecule is CCCCC1CCCC1NC(=O)C1CCN(S(=O)(=O)c2ccc(C)cc2C)CC1. The van der Waals surface area contributed by atoms with Crippen LogP contribution in [0.4, 0.5) is 0 Å². The van der Waals surface area contributed by atoms with Crippen molar-refractivity contribution in [2.24, 2.45) is 11.8 Å². The summed E-state index contributed by atoms with van der Waals surface area (Å²) in [5.74, 6) is 0.666. The number of piperidine rings is 1. The van der Waals surface area contributed by atoms with Gasteiger partial charge in [0, 0.05) is 25.0 Å². The van der Waals surface area contributed by atoms with Crippen LogP contribution in [0.25, 0.3) is 0 Å². The number of unbranched alkanes of at least 4 members (excludes halogenated alkanes) is 1. The summed E-state index contributed by atoms with van der Waals surface area (Å²) in [7, 11) is -3.50. The Balaban J connectivity index is 1.56. The largest absolute Gasteiger partial charge is 0.353 e. The topological polar surface area (TPSA) is 66.5 Å². The first-order valence-corrected chi connectivity index (χ1v) is 12.6. The zero-order valence-corrected chi connectivity index (χ0v) is 18.9. The summed E-state index contributed by atoms with van der Waals surface area (Å²) in [6.07, 6.45) is 8.33. The minimum absolute atomic E-state index is 0.0759. The third-order valence-corrected chi connectivity index (χ3v) is 8.75. The fourth-order valence-corrected chi connectivity index (χ4v) is 6.60. The van der Waals surface area contributed by atoms with E-state index < -0.39 is 10.0 Å². The highest BCUT2D eigenvalue weighted by Crippen LogP contribution is 2.31. The predicted octanol–water partition coefficient (Wildman–Crippen LogP) is 4.18. The van der Waals surface area contributed by atoms with Gasteiger partial charge in [-0.2, -0.15) is 4.31 Å². The number of carbonyl (C=O) groups is 1. The number of amides is 1.